The zero-order chi connectivity index (χ0) is 19.3. The average molecular weight is 365 g/mol. The zero-order valence-electron chi connectivity index (χ0n) is 17.3. The molecule has 0 saturated carbocycles. The first-order chi connectivity index (χ1) is 12.8. The number of esters is 1. The summed E-state index contributed by atoms with van der Waals surface area (Å²) in [5.74, 6) is -0.228. The number of carbonyl (C=O) groups is 1. The molecule has 0 aliphatic heterocycles. The molecule has 0 rings (SSSR count). The summed E-state index contributed by atoms with van der Waals surface area (Å²) in [6, 6.07) is 0. The zero-order valence-corrected chi connectivity index (χ0v) is 17.3. The van der Waals surface area contributed by atoms with Crippen molar-refractivity contribution >= 4 is 5.97 Å². The molecule has 0 aliphatic rings. The van der Waals surface area contributed by atoms with Crippen LogP contribution in [-0.4, -0.2) is 25.8 Å². The van der Waals surface area contributed by atoms with E-state index in [0.717, 1.165) is 38.5 Å². The summed E-state index contributed by atoms with van der Waals surface area (Å²) in [4.78, 5) is 11.6. The van der Waals surface area contributed by atoms with Crippen molar-refractivity contribution in [2.75, 3.05) is 13.7 Å². The number of methoxy groups -OCH3 is 1. The molecule has 0 N–H and O–H groups in total. The lowest BCUT2D eigenvalue weighted by Crippen LogP contribution is -2.25. The highest BCUT2D eigenvalue weighted by molar-refractivity contribution is 5.74. The van der Waals surface area contributed by atoms with Crippen LogP contribution < -0.4 is 0 Å². The molecule has 1 atom stereocenters. The summed E-state index contributed by atoms with van der Waals surface area (Å²) < 4.78 is 10.2. The topological polar surface area (TPSA) is 35.5 Å². The van der Waals surface area contributed by atoms with Crippen LogP contribution in [0.3, 0.4) is 0 Å². The van der Waals surface area contributed by atoms with Gasteiger partial charge in [0.15, 0.2) is 6.10 Å². The standard InChI is InChI=1S/C23H40O3/c1-4-6-7-8-9-10-11-12-13-14-15-16-17-18-19-20-21-22(25-3)23(24)26-5-2/h6-7,9-10,12-13,22H,4-5,8,11,14-21H2,1-3H3. The fourth-order valence-electron chi connectivity index (χ4n) is 2.69. The first-order valence-electron chi connectivity index (χ1n) is 10.4. The minimum absolute atomic E-state index is 0.228. The Kier molecular flexibility index (Phi) is 18.9. The Labute approximate surface area is 161 Å². The van der Waals surface area contributed by atoms with Gasteiger partial charge in [0.25, 0.3) is 0 Å². The van der Waals surface area contributed by atoms with Gasteiger partial charge in [-0.3, -0.25) is 0 Å². The van der Waals surface area contributed by atoms with Crippen molar-refractivity contribution in [2.45, 2.75) is 90.6 Å². The molecule has 0 aromatic heterocycles. The lowest BCUT2D eigenvalue weighted by atomic mass is 10.1. The molecule has 1 unspecified atom stereocenters. The predicted molar refractivity (Wildman–Crippen MR) is 111 cm³/mol. The van der Waals surface area contributed by atoms with Crippen molar-refractivity contribution in [3.05, 3.63) is 36.5 Å². The SMILES string of the molecule is CCC=CCC=CCC=CCCCCCCCCC(OC)C(=O)OCC. The molecule has 0 saturated heterocycles. The Bertz CT molecular complexity index is 396. The minimum atomic E-state index is -0.392. The third-order valence-corrected chi connectivity index (χ3v) is 4.20. The van der Waals surface area contributed by atoms with Gasteiger partial charge in [-0.1, -0.05) is 75.5 Å². The number of unbranched alkanes of at least 4 members (excludes halogenated alkanes) is 6. The predicted octanol–water partition coefficient (Wildman–Crippen LogP) is 6.54. The van der Waals surface area contributed by atoms with Crippen LogP contribution >= 0.6 is 0 Å². The van der Waals surface area contributed by atoms with Crippen LogP contribution in [0.1, 0.15) is 84.5 Å². The molecule has 0 aromatic carbocycles. The summed E-state index contributed by atoms with van der Waals surface area (Å²) in [6.45, 7) is 4.40. The summed E-state index contributed by atoms with van der Waals surface area (Å²) in [5, 5.41) is 0. The molecular weight excluding hydrogens is 324 g/mol. The maximum atomic E-state index is 11.6. The van der Waals surface area contributed by atoms with E-state index in [-0.39, 0.29) is 5.97 Å². The molecule has 0 radical (unpaired) electrons. The van der Waals surface area contributed by atoms with Gasteiger partial charge in [0.05, 0.1) is 6.61 Å². The second-order valence-corrected chi connectivity index (χ2v) is 6.47. The number of allylic oxidation sites excluding steroid dienone is 6. The van der Waals surface area contributed by atoms with E-state index in [0.29, 0.717) is 6.61 Å². The van der Waals surface area contributed by atoms with Gasteiger partial charge in [-0.2, -0.15) is 0 Å². The molecular formula is C23H40O3. The Morgan fingerprint density at radius 1 is 0.808 bits per heavy atom. The third kappa shape index (κ3) is 16.1. The third-order valence-electron chi connectivity index (χ3n) is 4.20. The van der Waals surface area contributed by atoms with Gasteiger partial charge in [0, 0.05) is 7.11 Å². The molecule has 0 amide bonds. The van der Waals surface area contributed by atoms with Crippen LogP contribution in [0.2, 0.25) is 0 Å². The molecule has 0 heterocycles. The number of carbonyl (C=O) groups excluding carboxylic acids is 1. The van der Waals surface area contributed by atoms with E-state index in [4.69, 9.17) is 9.47 Å². The van der Waals surface area contributed by atoms with Crippen LogP contribution in [0.4, 0.5) is 0 Å². The summed E-state index contributed by atoms with van der Waals surface area (Å²) in [6.07, 6.45) is 25.5. The Morgan fingerprint density at radius 2 is 1.38 bits per heavy atom. The summed E-state index contributed by atoms with van der Waals surface area (Å²) in [5.41, 5.74) is 0. The largest absolute Gasteiger partial charge is 0.464 e. The quantitative estimate of drug-likeness (QED) is 0.167. The second kappa shape index (κ2) is 20.0. The first-order valence-corrected chi connectivity index (χ1v) is 10.4. The summed E-state index contributed by atoms with van der Waals surface area (Å²) in [7, 11) is 1.58. The Balaban J connectivity index is 3.44. The van der Waals surface area contributed by atoms with Gasteiger partial charge in [-0.15, -0.1) is 0 Å². The molecule has 0 bridgehead atoms. The van der Waals surface area contributed by atoms with E-state index in [9.17, 15) is 4.79 Å². The van der Waals surface area contributed by atoms with Gasteiger partial charge in [0.2, 0.25) is 0 Å². The van der Waals surface area contributed by atoms with E-state index < -0.39 is 6.10 Å². The molecule has 0 fully saturated rings. The maximum absolute atomic E-state index is 11.6. The van der Waals surface area contributed by atoms with Crippen molar-refractivity contribution < 1.29 is 14.3 Å². The second-order valence-electron chi connectivity index (χ2n) is 6.47. The Hall–Kier alpha value is -1.35. The highest BCUT2D eigenvalue weighted by Crippen LogP contribution is 2.12. The fourth-order valence-corrected chi connectivity index (χ4v) is 2.69. The van der Waals surface area contributed by atoms with Crippen LogP contribution in [0.25, 0.3) is 0 Å². The van der Waals surface area contributed by atoms with Crippen LogP contribution in [-0.2, 0) is 14.3 Å². The van der Waals surface area contributed by atoms with Crippen LogP contribution in [0, 0.1) is 0 Å². The molecule has 150 valence electrons. The Morgan fingerprint density at radius 3 is 2.00 bits per heavy atom. The lowest BCUT2D eigenvalue weighted by molar-refractivity contribution is -0.155. The average Bonchev–Trinajstić information content (AvgIpc) is 2.64. The van der Waals surface area contributed by atoms with Crippen molar-refractivity contribution in [3.63, 3.8) is 0 Å². The van der Waals surface area contributed by atoms with Crippen molar-refractivity contribution in [1.29, 1.82) is 0 Å². The van der Waals surface area contributed by atoms with Crippen LogP contribution in [0.5, 0.6) is 0 Å². The fraction of sp³-hybridized carbons (Fsp3) is 0.696. The van der Waals surface area contributed by atoms with Crippen LogP contribution in [0.15, 0.2) is 36.5 Å². The first kappa shape index (κ1) is 24.7. The van der Waals surface area contributed by atoms with Crippen molar-refractivity contribution in [1.82, 2.24) is 0 Å². The molecule has 0 spiro atoms. The molecule has 0 aromatic rings. The van der Waals surface area contributed by atoms with Crippen molar-refractivity contribution in [2.24, 2.45) is 0 Å². The number of ether oxygens (including phenoxy) is 2. The molecule has 26 heavy (non-hydrogen) atoms. The van der Waals surface area contributed by atoms with E-state index in [1.54, 1.807) is 7.11 Å². The molecule has 3 nitrogen and oxygen atoms in total. The number of hydrogen-bond donors (Lipinski definition) is 0. The maximum Gasteiger partial charge on any atom is 0.335 e. The van der Waals surface area contributed by atoms with Gasteiger partial charge in [-0.25, -0.2) is 4.79 Å². The number of hydrogen-bond acceptors (Lipinski definition) is 3. The monoisotopic (exact) mass is 364 g/mol. The van der Waals surface area contributed by atoms with E-state index in [2.05, 4.69) is 43.4 Å². The lowest BCUT2D eigenvalue weighted by Gasteiger charge is -2.13. The van der Waals surface area contributed by atoms with E-state index >= 15 is 0 Å². The van der Waals surface area contributed by atoms with E-state index in [1.165, 1.54) is 32.1 Å². The molecule has 0 aliphatic carbocycles. The van der Waals surface area contributed by atoms with Gasteiger partial charge in [-0.05, 0) is 45.4 Å². The smallest absolute Gasteiger partial charge is 0.335 e. The van der Waals surface area contributed by atoms with Gasteiger partial charge < -0.3 is 9.47 Å². The van der Waals surface area contributed by atoms with Gasteiger partial charge >= 0.3 is 5.97 Å². The number of rotatable bonds is 17. The highest BCUT2D eigenvalue weighted by atomic mass is 16.6. The normalized spacial score (nSPS) is 13.2. The van der Waals surface area contributed by atoms with Gasteiger partial charge in [0.1, 0.15) is 0 Å². The molecule has 3 heteroatoms. The van der Waals surface area contributed by atoms with E-state index in [1.807, 2.05) is 6.92 Å². The summed E-state index contributed by atoms with van der Waals surface area (Å²) >= 11 is 0. The minimum Gasteiger partial charge on any atom is -0.464 e. The van der Waals surface area contributed by atoms with Crippen molar-refractivity contribution in [3.8, 4) is 0 Å². The highest BCUT2D eigenvalue weighted by Gasteiger charge is 2.17.